The van der Waals surface area contributed by atoms with Gasteiger partial charge in [0, 0.05) is 26.3 Å². The third kappa shape index (κ3) is 2.18. The molecule has 1 aromatic rings. The zero-order valence-corrected chi connectivity index (χ0v) is 11.2. The molecule has 0 unspecified atom stereocenters. The number of ketones is 1. The second-order valence-electron chi connectivity index (χ2n) is 4.58. The first-order chi connectivity index (χ1) is 8.64. The van der Waals surface area contributed by atoms with Gasteiger partial charge in [-0.25, -0.2) is 0 Å². The molecule has 1 saturated heterocycles. The van der Waals surface area contributed by atoms with Crippen molar-refractivity contribution < 1.29 is 9.53 Å². The van der Waals surface area contributed by atoms with Gasteiger partial charge in [-0.2, -0.15) is 5.10 Å². The number of halogens is 1. The monoisotopic (exact) mass is 271 g/mol. The molecule has 1 aliphatic heterocycles. The van der Waals surface area contributed by atoms with E-state index in [0.717, 1.165) is 0 Å². The van der Waals surface area contributed by atoms with E-state index in [2.05, 4.69) is 5.10 Å². The SMILES string of the molecule is CCn1ncc(Cl)c1C(=O)C1(CN)CCOCC1. The summed E-state index contributed by atoms with van der Waals surface area (Å²) < 4.78 is 6.95. The highest BCUT2D eigenvalue weighted by atomic mass is 35.5. The minimum Gasteiger partial charge on any atom is -0.381 e. The van der Waals surface area contributed by atoms with Crippen molar-refractivity contribution in [2.24, 2.45) is 11.1 Å². The number of ether oxygens (including phenoxy) is 1. The summed E-state index contributed by atoms with van der Waals surface area (Å²) in [5.41, 5.74) is 5.77. The quantitative estimate of drug-likeness (QED) is 0.843. The fourth-order valence-corrected chi connectivity index (χ4v) is 2.59. The smallest absolute Gasteiger partial charge is 0.189 e. The van der Waals surface area contributed by atoms with Gasteiger partial charge in [0.1, 0.15) is 5.69 Å². The van der Waals surface area contributed by atoms with E-state index in [1.165, 1.54) is 6.20 Å². The summed E-state index contributed by atoms with van der Waals surface area (Å²) in [4.78, 5) is 12.7. The summed E-state index contributed by atoms with van der Waals surface area (Å²) in [6.07, 6.45) is 2.81. The number of aromatic nitrogens is 2. The number of nitrogens with zero attached hydrogens (tertiary/aromatic N) is 2. The molecule has 0 radical (unpaired) electrons. The summed E-state index contributed by atoms with van der Waals surface area (Å²) in [5.74, 6) is -0.00218. The van der Waals surface area contributed by atoms with Gasteiger partial charge in [0.25, 0.3) is 0 Å². The van der Waals surface area contributed by atoms with E-state index in [1.54, 1.807) is 4.68 Å². The number of hydrogen-bond acceptors (Lipinski definition) is 4. The van der Waals surface area contributed by atoms with Crippen molar-refractivity contribution in [1.82, 2.24) is 9.78 Å². The van der Waals surface area contributed by atoms with Crippen molar-refractivity contribution in [3.63, 3.8) is 0 Å². The zero-order chi connectivity index (χ0) is 13.2. The van der Waals surface area contributed by atoms with Crippen LogP contribution in [0.15, 0.2) is 6.20 Å². The molecule has 0 atom stereocenters. The zero-order valence-electron chi connectivity index (χ0n) is 10.5. The topological polar surface area (TPSA) is 70.1 Å². The Bertz CT molecular complexity index is 439. The number of rotatable bonds is 4. The van der Waals surface area contributed by atoms with E-state index in [-0.39, 0.29) is 5.78 Å². The van der Waals surface area contributed by atoms with Crippen LogP contribution in [-0.4, -0.2) is 35.3 Å². The maximum absolute atomic E-state index is 12.7. The summed E-state index contributed by atoms with van der Waals surface area (Å²) >= 11 is 6.08. The van der Waals surface area contributed by atoms with E-state index in [0.29, 0.717) is 49.9 Å². The van der Waals surface area contributed by atoms with Crippen molar-refractivity contribution in [2.45, 2.75) is 26.3 Å². The van der Waals surface area contributed by atoms with Crippen molar-refractivity contribution >= 4 is 17.4 Å². The van der Waals surface area contributed by atoms with E-state index in [4.69, 9.17) is 22.1 Å². The number of aryl methyl sites for hydroxylation is 1. The largest absolute Gasteiger partial charge is 0.381 e. The van der Waals surface area contributed by atoms with E-state index < -0.39 is 5.41 Å². The second kappa shape index (κ2) is 5.38. The molecule has 1 fully saturated rings. The third-order valence-corrected chi connectivity index (χ3v) is 3.91. The molecule has 100 valence electrons. The molecule has 0 aliphatic carbocycles. The Morgan fingerprint density at radius 2 is 2.28 bits per heavy atom. The maximum atomic E-state index is 12.7. The lowest BCUT2D eigenvalue weighted by molar-refractivity contribution is 0.0194. The fourth-order valence-electron chi connectivity index (χ4n) is 2.37. The van der Waals surface area contributed by atoms with Crippen molar-refractivity contribution in [3.8, 4) is 0 Å². The van der Waals surface area contributed by atoms with Gasteiger partial charge in [0.2, 0.25) is 0 Å². The third-order valence-electron chi connectivity index (χ3n) is 3.63. The number of Topliss-reactive ketones (excluding diaryl/α,β-unsaturated/α-hetero) is 1. The lowest BCUT2D eigenvalue weighted by Gasteiger charge is -2.34. The number of carbonyl (C=O) groups is 1. The molecular weight excluding hydrogens is 254 g/mol. The Morgan fingerprint density at radius 3 is 2.83 bits per heavy atom. The summed E-state index contributed by atoms with van der Waals surface area (Å²) in [5, 5.41) is 4.51. The lowest BCUT2D eigenvalue weighted by atomic mass is 9.75. The van der Waals surface area contributed by atoms with Crippen molar-refractivity contribution in [1.29, 1.82) is 0 Å². The highest BCUT2D eigenvalue weighted by molar-refractivity contribution is 6.33. The van der Waals surface area contributed by atoms with Crippen LogP contribution < -0.4 is 5.73 Å². The Labute approximate surface area is 111 Å². The Kier molecular flexibility index (Phi) is 4.04. The standard InChI is InChI=1S/C12H18ClN3O2/c1-2-16-10(9(13)7-15-16)11(17)12(8-14)3-5-18-6-4-12/h7H,2-6,8,14H2,1H3. The van der Waals surface area contributed by atoms with Gasteiger partial charge in [-0.05, 0) is 19.8 Å². The molecule has 1 aliphatic rings. The van der Waals surface area contributed by atoms with Crippen LogP contribution in [0, 0.1) is 5.41 Å². The molecule has 18 heavy (non-hydrogen) atoms. The Balaban J connectivity index is 2.36. The normalized spacial score (nSPS) is 18.8. The molecule has 2 rings (SSSR count). The average Bonchev–Trinajstić information content (AvgIpc) is 2.79. The summed E-state index contributed by atoms with van der Waals surface area (Å²) in [6.45, 7) is 4.01. The predicted molar refractivity (Wildman–Crippen MR) is 68.8 cm³/mol. The average molecular weight is 272 g/mol. The van der Waals surface area contributed by atoms with Crippen LogP contribution in [0.2, 0.25) is 5.02 Å². The molecule has 6 heteroatoms. The van der Waals surface area contributed by atoms with Crippen molar-refractivity contribution in [3.05, 3.63) is 16.9 Å². The maximum Gasteiger partial charge on any atom is 0.189 e. The Morgan fingerprint density at radius 1 is 1.61 bits per heavy atom. The lowest BCUT2D eigenvalue weighted by Crippen LogP contribution is -2.44. The van der Waals surface area contributed by atoms with Gasteiger partial charge in [0.15, 0.2) is 5.78 Å². The summed E-state index contributed by atoms with van der Waals surface area (Å²) in [6, 6.07) is 0. The molecule has 5 nitrogen and oxygen atoms in total. The van der Waals surface area contributed by atoms with Crippen LogP contribution in [0.1, 0.15) is 30.3 Å². The van der Waals surface area contributed by atoms with Gasteiger partial charge >= 0.3 is 0 Å². The predicted octanol–water partition coefficient (Wildman–Crippen LogP) is 1.49. The summed E-state index contributed by atoms with van der Waals surface area (Å²) in [7, 11) is 0. The van der Waals surface area contributed by atoms with Gasteiger partial charge in [0.05, 0.1) is 16.6 Å². The molecule has 0 bridgehead atoms. The highest BCUT2D eigenvalue weighted by Gasteiger charge is 2.41. The number of nitrogens with two attached hydrogens (primary N) is 1. The molecule has 2 N–H and O–H groups in total. The first kappa shape index (κ1) is 13.5. The van der Waals surface area contributed by atoms with Crippen LogP contribution in [0.5, 0.6) is 0 Å². The van der Waals surface area contributed by atoms with Crippen LogP contribution in [0.3, 0.4) is 0 Å². The van der Waals surface area contributed by atoms with E-state index in [9.17, 15) is 4.79 Å². The fraction of sp³-hybridized carbons (Fsp3) is 0.667. The molecule has 0 amide bonds. The van der Waals surface area contributed by atoms with E-state index in [1.807, 2.05) is 6.92 Å². The van der Waals surface area contributed by atoms with E-state index >= 15 is 0 Å². The Hall–Kier alpha value is -0.910. The molecule has 1 aromatic heterocycles. The number of carbonyl (C=O) groups excluding carboxylic acids is 1. The second-order valence-corrected chi connectivity index (χ2v) is 4.99. The number of hydrogen-bond donors (Lipinski definition) is 1. The first-order valence-corrected chi connectivity index (χ1v) is 6.56. The molecular formula is C12H18ClN3O2. The van der Waals surface area contributed by atoms with Crippen LogP contribution in [-0.2, 0) is 11.3 Å². The minimum atomic E-state index is -0.547. The van der Waals surface area contributed by atoms with Gasteiger partial charge in [-0.1, -0.05) is 11.6 Å². The van der Waals surface area contributed by atoms with Crippen molar-refractivity contribution in [2.75, 3.05) is 19.8 Å². The van der Waals surface area contributed by atoms with Gasteiger partial charge in [-0.15, -0.1) is 0 Å². The van der Waals surface area contributed by atoms with Gasteiger partial charge < -0.3 is 10.5 Å². The van der Waals surface area contributed by atoms with Crippen LogP contribution in [0.4, 0.5) is 0 Å². The highest BCUT2D eigenvalue weighted by Crippen LogP contribution is 2.35. The first-order valence-electron chi connectivity index (χ1n) is 6.18. The van der Waals surface area contributed by atoms with Crippen LogP contribution in [0.25, 0.3) is 0 Å². The molecule has 2 heterocycles. The molecule has 0 saturated carbocycles. The molecule has 0 aromatic carbocycles. The molecule has 0 spiro atoms. The minimum absolute atomic E-state index is 0.00218. The van der Waals surface area contributed by atoms with Gasteiger partial charge in [-0.3, -0.25) is 9.48 Å². The van der Waals surface area contributed by atoms with Crippen LogP contribution >= 0.6 is 11.6 Å².